The van der Waals surface area contributed by atoms with Crippen LogP contribution < -0.4 is 10.6 Å². The molecule has 0 saturated carbocycles. The zero-order chi connectivity index (χ0) is 25.1. The molecule has 0 spiro atoms. The molecule has 9 nitrogen and oxygen atoms in total. The zero-order valence-electron chi connectivity index (χ0n) is 19.8. The summed E-state index contributed by atoms with van der Waals surface area (Å²) in [6.45, 7) is 1.84. The average Bonchev–Trinajstić information content (AvgIpc) is 3.36. The van der Waals surface area contributed by atoms with Gasteiger partial charge in [-0.1, -0.05) is 12.1 Å². The van der Waals surface area contributed by atoms with Crippen LogP contribution in [0, 0.1) is 17.1 Å². The molecule has 36 heavy (non-hydrogen) atoms. The Morgan fingerprint density at radius 3 is 2.72 bits per heavy atom. The number of carbonyl (C=O) groups is 1. The van der Waals surface area contributed by atoms with Crippen LogP contribution in [0.4, 0.5) is 16.2 Å². The smallest absolute Gasteiger partial charge is 0.252 e. The van der Waals surface area contributed by atoms with E-state index in [2.05, 4.69) is 42.5 Å². The first kappa shape index (κ1) is 23.4. The van der Waals surface area contributed by atoms with Gasteiger partial charge in [0.2, 0.25) is 5.95 Å². The van der Waals surface area contributed by atoms with Crippen molar-refractivity contribution in [3.8, 4) is 17.3 Å². The standard InChI is InChI=1S/C26H25FN8O/c1-35-12-7-16(8-13-35)20-15-31-22(14-21(20)27)32-26-33-23(19-6-10-29-24(19)34-26)17-2-4-18(5-3-17)25(36)30-11-9-28/h2-6,10,14-16H,7-8,11-13H2,1H3,(H,30,36)(H2,29,31,32,33,34). The van der Waals surface area contributed by atoms with Crippen LogP contribution in [-0.4, -0.2) is 57.4 Å². The van der Waals surface area contributed by atoms with E-state index >= 15 is 0 Å². The summed E-state index contributed by atoms with van der Waals surface area (Å²) >= 11 is 0. The number of fused-ring (bicyclic) bond motifs is 1. The van der Waals surface area contributed by atoms with Gasteiger partial charge < -0.3 is 20.5 Å². The Morgan fingerprint density at radius 2 is 2.00 bits per heavy atom. The number of carbonyl (C=O) groups excluding carboxylic acids is 1. The second-order valence-electron chi connectivity index (χ2n) is 8.85. The first-order valence-corrected chi connectivity index (χ1v) is 11.7. The van der Waals surface area contributed by atoms with Crippen LogP contribution in [0.2, 0.25) is 0 Å². The molecule has 1 aromatic carbocycles. The predicted molar refractivity (Wildman–Crippen MR) is 134 cm³/mol. The summed E-state index contributed by atoms with van der Waals surface area (Å²) in [4.78, 5) is 31.0. The van der Waals surface area contributed by atoms with E-state index in [1.807, 2.05) is 12.1 Å². The van der Waals surface area contributed by atoms with Crippen molar-refractivity contribution < 1.29 is 9.18 Å². The third-order valence-electron chi connectivity index (χ3n) is 6.44. The highest BCUT2D eigenvalue weighted by atomic mass is 19.1. The Balaban J connectivity index is 1.40. The molecule has 5 rings (SSSR count). The minimum Gasteiger partial charge on any atom is -0.346 e. The number of hydrogen-bond donors (Lipinski definition) is 3. The number of rotatable bonds is 6. The summed E-state index contributed by atoms with van der Waals surface area (Å²) in [5, 5.41) is 15.0. The largest absolute Gasteiger partial charge is 0.346 e. The predicted octanol–water partition coefficient (Wildman–Crippen LogP) is 3.97. The number of nitrogens with one attached hydrogen (secondary N) is 3. The Morgan fingerprint density at radius 1 is 1.22 bits per heavy atom. The van der Waals surface area contributed by atoms with E-state index in [0.717, 1.165) is 36.9 Å². The molecule has 3 N–H and O–H groups in total. The molecule has 1 saturated heterocycles. The van der Waals surface area contributed by atoms with Gasteiger partial charge in [-0.15, -0.1) is 0 Å². The number of aromatic nitrogens is 4. The number of nitriles is 1. The number of H-pyrrole nitrogens is 1. The third kappa shape index (κ3) is 4.87. The van der Waals surface area contributed by atoms with Crippen LogP contribution in [0.3, 0.4) is 0 Å². The number of likely N-dealkylation sites (tertiary alicyclic amines) is 1. The Bertz CT molecular complexity index is 1430. The molecular weight excluding hydrogens is 459 g/mol. The lowest BCUT2D eigenvalue weighted by molar-refractivity contribution is 0.0958. The molecule has 1 aliphatic heterocycles. The highest BCUT2D eigenvalue weighted by Gasteiger charge is 2.22. The number of hydrogen-bond acceptors (Lipinski definition) is 7. The van der Waals surface area contributed by atoms with Crippen LogP contribution >= 0.6 is 0 Å². The van der Waals surface area contributed by atoms with E-state index < -0.39 is 0 Å². The maximum Gasteiger partial charge on any atom is 0.252 e. The van der Waals surface area contributed by atoms with Crippen molar-refractivity contribution in [1.29, 1.82) is 5.26 Å². The van der Waals surface area contributed by atoms with Gasteiger partial charge in [0.25, 0.3) is 5.91 Å². The average molecular weight is 485 g/mol. The molecule has 10 heteroatoms. The molecule has 1 fully saturated rings. The van der Waals surface area contributed by atoms with Gasteiger partial charge in [-0.2, -0.15) is 10.2 Å². The summed E-state index contributed by atoms with van der Waals surface area (Å²) < 4.78 is 15.0. The summed E-state index contributed by atoms with van der Waals surface area (Å²) in [5.41, 5.74) is 3.13. The van der Waals surface area contributed by atoms with Crippen molar-refractivity contribution in [3.05, 3.63) is 65.7 Å². The Labute approximate surface area is 207 Å². The van der Waals surface area contributed by atoms with Gasteiger partial charge in [-0.05, 0) is 57.1 Å². The van der Waals surface area contributed by atoms with E-state index in [9.17, 15) is 9.18 Å². The first-order chi connectivity index (χ1) is 17.5. The van der Waals surface area contributed by atoms with Gasteiger partial charge in [-0.25, -0.2) is 14.4 Å². The number of benzene rings is 1. The van der Waals surface area contributed by atoms with Crippen LogP contribution in [0.25, 0.3) is 22.3 Å². The summed E-state index contributed by atoms with van der Waals surface area (Å²) in [6.07, 6.45) is 5.20. The van der Waals surface area contributed by atoms with Gasteiger partial charge in [-0.3, -0.25) is 4.79 Å². The normalized spacial score (nSPS) is 14.5. The lowest BCUT2D eigenvalue weighted by atomic mass is 9.90. The van der Waals surface area contributed by atoms with Crippen molar-refractivity contribution in [2.24, 2.45) is 0 Å². The van der Waals surface area contributed by atoms with Gasteiger partial charge in [0.15, 0.2) is 0 Å². The van der Waals surface area contributed by atoms with E-state index in [1.54, 1.807) is 36.7 Å². The molecule has 0 unspecified atom stereocenters. The number of piperidine rings is 1. The fourth-order valence-electron chi connectivity index (χ4n) is 4.46. The van der Waals surface area contributed by atoms with E-state index in [-0.39, 0.29) is 30.1 Å². The Hall–Kier alpha value is -4.36. The number of anilines is 2. The van der Waals surface area contributed by atoms with Crippen LogP contribution in [0.5, 0.6) is 0 Å². The SMILES string of the molecule is CN1CCC(c2cnc(Nc3nc(-c4ccc(C(=O)NCC#N)cc4)c4cc[nH]c4n3)cc2F)CC1. The van der Waals surface area contributed by atoms with Crippen LogP contribution in [0.15, 0.2) is 48.8 Å². The van der Waals surface area contributed by atoms with Gasteiger partial charge in [0.1, 0.15) is 23.8 Å². The second kappa shape index (κ2) is 10.1. The van der Waals surface area contributed by atoms with E-state index in [0.29, 0.717) is 28.3 Å². The fraction of sp³-hybridized carbons (Fsp3) is 0.269. The van der Waals surface area contributed by atoms with Crippen molar-refractivity contribution in [1.82, 2.24) is 30.2 Å². The second-order valence-corrected chi connectivity index (χ2v) is 8.85. The minimum absolute atomic E-state index is 0.0564. The van der Waals surface area contributed by atoms with Gasteiger partial charge in [0.05, 0.1) is 11.8 Å². The molecule has 0 atom stereocenters. The van der Waals surface area contributed by atoms with Gasteiger partial charge >= 0.3 is 0 Å². The number of nitrogens with zero attached hydrogens (tertiary/aromatic N) is 5. The molecule has 0 aliphatic carbocycles. The maximum absolute atomic E-state index is 15.0. The highest BCUT2D eigenvalue weighted by Crippen LogP contribution is 2.31. The van der Waals surface area contributed by atoms with Crippen LogP contribution in [-0.2, 0) is 0 Å². The van der Waals surface area contributed by atoms with Crippen molar-refractivity contribution in [3.63, 3.8) is 0 Å². The van der Waals surface area contributed by atoms with Crippen molar-refractivity contribution >= 4 is 28.7 Å². The molecule has 0 radical (unpaired) electrons. The quantitative estimate of drug-likeness (QED) is 0.354. The molecular formula is C26H25FN8O. The van der Waals surface area contributed by atoms with Crippen LogP contribution in [0.1, 0.15) is 34.7 Å². The van der Waals surface area contributed by atoms with E-state index in [1.165, 1.54) is 6.07 Å². The molecule has 3 aromatic heterocycles. The maximum atomic E-state index is 15.0. The van der Waals surface area contributed by atoms with Crippen molar-refractivity contribution in [2.45, 2.75) is 18.8 Å². The number of pyridine rings is 1. The zero-order valence-corrected chi connectivity index (χ0v) is 19.8. The van der Waals surface area contributed by atoms with Crippen molar-refractivity contribution in [2.75, 3.05) is 32.0 Å². The summed E-state index contributed by atoms with van der Waals surface area (Å²) in [6, 6.07) is 12.1. The number of halogens is 1. The molecule has 1 amide bonds. The minimum atomic E-state index is -0.322. The van der Waals surface area contributed by atoms with Gasteiger partial charge in [0, 0.05) is 40.5 Å². The molecule has 182 valence electrons. The topological polar surface area (TPSA) is 123 Å². The highest BCUT2D eigenvalue weighted by molar-refractivity contribution is 5.96. The monoisotopic (exact) mass is 484 g/mol. The Kier molecular flexibility index (Phi) is 6.56. The first-order valence-electron chi connectivity index (χ1n) is 11.7. The third-order valence-corrected chi connectivity index (χ3v) is 6.44. The summed E-state index contributed by atoms with van der Waals surface area (Å²) in [7, 11) is 2.08. The molecule has 1 aliphatic rings. The summed E-state index contributed by atoms with van der Waals surface area (Å²) in [5.74, 6) is 0.163. The lowest BCUT2D eigenvalue weighted by Gasteiger charge is -2.29. The lowest BCUT2D eigenvalue weighted by Crippen LogP contribution is -2.29. The number of aromatic amines is 1. The molecule has 0 bridgehead atoms. The number of amides is 1. The molecule has 4 aromatic rings. The van der Waals surface area contributed by atoms with E-state index in [4.69, 9.17) is 5.26 Å². The fourth-order valence-corrected chi connectivity index (χ4v) is 4.46. The molecule has 4 heterocycles.